The van der Waals surface area contributed by atoms with Crippen LogP contribution in [0.15, 0.2) is 84.0 Å². The minimum Gasteiger partial charge on any atom is -0.326 e. The SMILES string of the molecule is O=C(Nc1cccc(SC(C(=O)Nc2ccncc2)c2ccccc2)c1)C1CC1. The van der Waals surface area contributed by atoms with E-state index in [9.17, 15) is 9.59 Å². The minimum absolute atomic E-state index is 0.0715. The maximum Gasteiger partial charge on any atom is 0.242 e. The van der Waals surface area contributed by atoms with Crippen molar-refractivity contribution in [3.05, 3.63) is 84.7 Å². The summed E-state index contributed by atoms with van der Waals surface area (Å²) < 4.78 is 0. The molecule has 4 rings (SSSR count). The topological polar surface area (TPSA) is 71.1 Å². The fourth-order valence-corrected chi connectivity index (χ4v) is 4.00. The molecular formula is C23H21N3O2S. The zero-order valence-electron chi connectivity index (χ0n) is 15.7. The summed E-state index contributed by atoms with van der Waals surface area (Å²) in [5.74, 6) is 0.108. The van der Waals surface area contributed by atoms with Gasteiger partial charge in [-0.25, -0.2) is 0 Å². The molecule has 1 aromatic heterocycles. The molecule has 1 heterocycles. The van der Waals surface area contributed by atoms with E-state index in [4.69, 9.17) is 0 Å². The lowest BCUT2D eigenvalue weighted by molar-refractivity contribution is -0.117. The average Bonchev–Trinajstić information content (AvgIpc) is 3.59. The van der Waals surface area contributed by atoms with Gasteiger partial charge >= 0.3 is 0 Å². The van der Waals surface area contributed by atoms with Crippen LogP contribution in [0.2, 0.25) is 0 Å². The van der Waals surface area contributed by atoms with Crippen LogP contribution in [0.25, 0.3) is 0 Å². The van der Waals surface area contributed by atoms with Gasteiger partial charge in [0.2, 0.25) is 11.8 Å². The van der Waals surface area contributed by atoms with E-state index in [1.54, 1.807) is 24.5 Å². The molecule has 5 nitrogen and oxygen atoms in total. The number of nitrogens with one attached hydrogen (secondary N) is 2. The van der Waals surface area contributed by atoms with Gasteiger partial charge in [0.1, 0.15) is 5.25 Å². The van der Waals surface area contributed by atoms with Crippen molar-refractivity contribution in [3.63, 3.8) is 0 Å². The first kappa shape index (κ1) is 19.2. The Kier molecular flexibility index (Phi) is 5.91. The second kappa shape index (κ2) is 8.92. The van der Waals surface area contributed by atoms with E-state index in [1.807, 2.05) is 54.6 Å². The normalized spacial score (nSPS) is 14.1. The van der Waals surface area contributed by atoms with E-state index in [2.05, 4.69) is 15.6 Å². The summed E-state index contributed by atoms with van der Waals surface area (Å²) in [6.45, 7) is 0. The molecule has 2 aromatic carbocycles. The van der Waals surface area contributed by atoms with Gasteiger partial charge in [0, 0.05) is 34.6 Å². The molecule has 1 aliphatic rings. The molecule has 146 valence electrons. The van der Waals surface area contributed by atoms with Crippen LogP contribution in [0, 0.1) is 5.92 Å². The van der Waals surface area contributed by atoms with Crippen molar-refractivity contribution >= 4 is 35.0 Å². The Bertz CT molecular complexity index is 991. The van der Waals surface area contributed by atoms with Crippen LogP contribution in [-0.2, 0) is 9.59 Å². The largest absolute Gasteiger partial charge is 0.326 e. The van der Waals surface area contributed by atoms with Crippen molar-refractivity contribution in [2.75, 3.05) is 10.6 Å². The maximum absolute atomic E-state index is 13.1. The third kappa shape index (κ3) is 5.23. The van der Waals surface area contributed by atoms with Crippen LogP contribution >= 0.6 is 11.8 Å². The highest BCUT2D eigenvalue weighted by molar-refractivity contribution is 8.00. The van der Waals surface area contributed by atoms with Crippen molar-refractivity contribution in [2.24, 2.45) is 5.92 Å². The van der Waals surface area contributed by atoms with Crippen LogP contribution < -0.4 is 10.6 Å². The number of hydrogen-bond donors (Lipinski definition) is 2. The molecule has 29 heavy (non-hydrogen) atoms. The average molecular weight is 404 g/mol. The fraction of sp³-hybridized carbons (Fsp3) is 0.174. The van der Waals surface area contributed by atoms with Gasteiger partial charge in [0.25, 0.3) is 0 Å². The number of pyridine rings is 1. The highest BCUT2D eigenvalue weighted by Crippen LogP contribution is 2.37. The van der Waals surface area contributed by atoms with Gasteiger partial charge in [0.05, 0.1) is 0 Å². The standard InChI is InChI=1S/C23H21N3O2S/c27-22(17-9-10-17)26-19-7-4-8-20(15-19)29-21(16-5-2-1-3-6-16)23(28)25-18-11-13-24-14-12-18/h1-8,11-15,17,21H,9-10H2,(H,26,27)(H,24,25,28). The Hall–Kier alpha value is -3.12. The summed E-state index contributed by atoms with van der Waals surface area (Å²) in [5.41, 5.74) is 2.38. The second-order valence-electron chi connectivity index (χ2n) is 6.93. The number of hydrogen-bond acceptors (Lipinski definition) is 4. The number of thioether (sulfide) groups is 1. The molecule has 0 aliphatic heterocycles. The monoisotopic (exact) mass is 403 g/mol. The number of benzene rings is 2. The van der Waals surface area contributed by atoms with Gasteiger partial charge in [-0.1, -0.05) is 36.4 Å². The first-order valence-corrected chi connectivity index (χ1v) is 10.4. The van der Waals surface area contributed by atoms with Gasteiger partial charge < -0.3 is 10.6 Å². The summed E-state index contributed by atoms with van der Waals surface area (Å²) in [6.07, 6.45) is 5.22. The van der Waals surface area contributed by atoms with Crippen LogP contribution in [0.4, 0.5) is 11.4 Å². The van der Waals surface area contributed by atoms with E-state index in [1.165, 1.54) is 11.8 Å². The van der Waals surface area contributed by atoms with Gasteiger partial charge in [-0.15, -0.1) is 11.8 Å². The van der Waals surface area contributed by atoms with E-state index >= 15 is 0 Å². The molecule has 0 radical (unpaired) electrons. The Morgan fingerprint density at radius 1 is 0.897 bits per heavy atom. The molecule has 0 saturated heterocycles. The number of rotatable bonds is 7. The van der Waals surface area contributed by atoms with Crippen LogP contribution in [0.1, 0.15) is 23.7 Å². The highest BCUT2D eigenvalue weighted by atomic mass is 32.2. The van der Waals surface area contributed by atoms with Gasteiger partial charge in [-0.2, -0.15) is 0 Å². The lowest BCUT2D eigenvalue weighted by Crippen LogP contribution is -2.19. The Labute approximate surface area is 173 Å². The van der Waals surface area contributed by atoms with Crippen LogP contribution in [-0.4, -0.2) is 16.8 Å². The molecule has 3 aromatic rings. The van der Waals surface area contributed by atoms with E-state index in [0.717, 1.165) is 29.0 Å². The van der Waals surface area contributed by atoms with Crippen LogP contribution in [0.3, 0.4) is 0 Å². The molecule has 0 bridgehead atoms. The molecule has 2 N–H and O–H groups in total. The Morgan fingerprint density at radius 3 is 2.38 bits per heavy atom. The third-order valence-corrected chi connectivity index (χ3v) is 5.84. The third-order valence-electron chi connectivity index (χ3n) is 4.59. The van der Waals surface area contributed by atoms with Crippen molar-refractivity contribution in [1.82, 2.24) is 4.98 Å². The van der Waals surface area contributed by atoms with Crippen molar-refractivity contribution in [1.29, 1.82) is 0 Å². The molecule has 1 unspecified atom stereocenters. The molecule has 2 amide bonds. The molecular weight excluding hydrogens is 382 g/mol. The first-order valence-electron chi connectivity index (χ1n) is 9.52. The number of amides is 2. The van der Waals surface area contributed by atoms with E-state index < -0.39 is 5.25 Å². The number of nitrogens with zero attached hydrogens (tertiary/aromatic N) is 1. The Morgan fingerprint density at radius 2 is 1.66 bits per heavy atom. The van der Waals surface area contributed by atoms with Gasteiger partial charge in [-0.3, -0.25) is 14.6 Å². The molecule has 6 heteroatoms. The number of carbonyl (C=O) groups excluding carboxylic acids is 2. The number of aromatic nitrogens is 1. The predicted molar refractivity (Wildman–Crippen MR) is 116 cm³/mol. The zero-order chi connectivity index (χ0) is 20.1. The Balaban J connectivity index is 1.54. The quantitative estimate of drug-likeness (QED) is 0.550. The van der Waals surface area contributed by atoms with E-state index in [0.29, 0.717) is 5.69 Å². The fourth-order valence-electron chi connectivity index (χ4n) is 2.92. The molecule has 1 atom stereocenters. The summed E-state index contributed by atoms with van der Waals surface area (Å²) in [7, 11) is 0. The van der Waals surface area contributed by atoms with Crippen molar-refractivity contribution < 1.29 is 9.59 Å². The molecule has 0 spiro atoms. The zero-order valence-corrected chi connectivity index (χ0v) is 16.6. The van der Waals surface area contributed by atoms with Crippen molar-refractivity contribution in [3.8, 4) is 0 Å². The second-order valence-corrected chi connectivity index (χ2v) is 8.10. The summed E-state index contributed by atoms with van der Waals surface area (Å²) >= 11 is 1.46. The highest BCUT2D eigenvalue weighted by Gasteiger charge is 2.29. The minimum atomic E-state index is -0.432. The summed E-state index contributed by atoms with van der Waals surface area (Å²) in [6, 6.07) is 20.8. The van der Waals surface area contributed by atoms with Gasteiger partial charge in [-0.05, 0) is 48.7 Å². The first-order chi connectivity index (χ1) is 14.2. The number of carbonyl (C=O) groups is 2. The summed E-state index contributed by atoms with van der Waals surface area (Å²) in [4.78, 5) is 30.0. The van der Waals surface area contributed by atoms with Crippen LogP contribution in [0.5, 0.6) is 0 Å². The molecule has 1 saturated carbocycles. The van der Waals surface area contributed by atoms with E-state index in [-0.39, 0.29) is 17.7 Å². The molecule has 1 fully saturated rings. The lowest BCUT2D eigenvalue weighted by atomic mass is 10.1. The summed E-state index contributed by atoms with van der Waals surface area (Å²) in [5, 5.41) is 5.50. The maximum atomic E-state index is 13.1. The predicted octanol–water partition coefficient (Wildman–Crippen LogP) is 4.90. The van der Waals surface area contributed by atoms with Crippen molar-refractivity contribution in [2.45, 2.75) is 23.0 Å². The number of anilines is 2. The lowest BCUT2D eigenvalue weighted by Gasteiger charge is -2.17. The smallest absolute Gasteiger partial charge is 0.242 e. The van der Waals surface area contributed by atoms with Gasteiger partial charge in [0.15, 0.2) is 0 Å². The molecule has 1 aliphatic carbocycles.